The molecule has 0 aliphatic carbocycles. The molecule has 2 fully saturated rings. The Morgan fingerprint density at radius 1 is 1.04 bits per heavy atom. The van der Waals surface area contributed by atoms with Gasteiger partial charge in [0.15, 0.2) is 0 Å². The van der Waals surface area contributed by atoms with E-state index in [0.29, 0.717) is 24.4 Å². The molecule has 2 heterocycles. The van der Waals surface area contributed by atoms with Gasteiger partial charge in [-0.3, -0.25) is 9.69 Å². The van der Waals surface area contributed by atoms with Crippen molar-refractivity contribution in [2.24, 2.45) is 0 Å². The summed E-state index contributed by atoms with van der Waals surface area (Å²) in [5, 5.41) is 2.61. The Hall–Kier alpha value is -1.87. The zero-order valence-corrected chi connectivity index (χ0v) is 13.7. The molecule has 2 unspecified atom stereocenters. The summed E-state index contributed by atoms with van der Waals surface area (Å²) in [4.78, 5) is 16.9. The lowest BCUT2D eigenvalue weighted by atomic mass is 10.1. The van der Waals surface area contributed by atoms with Crippen LogP contribution in [0.1, 0.15) is 31.7 Å². The minimum absolute atomic E-state index is 0.336. The van der Waals surface area contributed by atoms with Crippen LogP contribution in [0.2, 0.25) is 0 Å². The fourth-order valence-corrected chi connectivity index (χ4v) is 4.30. The van der Waals surface area contributed by atoms with Crippen LogP contribution in [0.25, 0.3) is 10.8 Å². The van der Waals surface area contributed by atoms with Gasteiger partial charge in [0.05, 0.1) is 0 Å². The number of nitrogens with zero attached hydrogens (tertiary/aromatic N) is 2. The lowest BCUT2D eigenvalue weighted by molar-refractivity contribution is -0.136. The first kappa shape index (κ1) is 14.7. The zero-order chi connectivity index (χ0) is 15.8. The van der Waals surface area contributed by atoms with E-state index in [4.69, 9.17) is 0 Å². The molecule has 0 aromatic heterocycles. The van der Waals surface area contributed by atoms with E-state index in [-0.39, 0.29) is 0 Å². The number of fused-ring (bicyclic) bond motifs is 3. The molecule has 2 atom stereocenters. The van der Waals surface area contributed by atoms with E-state index in [1.807, 2.05) is 6.92 Å². The van der Waals surface area contributed by atoms with E-state index in [9.17, 15) is 4.79 Å². The number of rotatable bonds is 3. The molecule has 0 saturated carbocycles. The highest BCUT2D eigenvalue weighted by atomic mass is 16.2. The highest BCUT2D eigenvalue weighted by Crippen LogP contribution is 2.31. The zero-order valence-electron chi connectivity index (χ0n) is 13.7. The van der Waals surface area contributed by atoms with Gasteiger partial charge in [-0.05, 0) is 35.2 Å². The number of amides is 1. The molecule has 3 nitrogen and oxygen atoms in total. The van der Waals surface area contributed by atoms with Gasteiger partial charge in [-0.25, -0.2) is 0 Å². The highest BCUT2D eigenvalue weighted by Gasteiger charge is 2.41. The molecule has 2 aromatic rings. The summed E-state index contributed by atoms with van der Waals surface area (Å²) >= 11 is 0. The van der Waals surface area contributed by atoms with E-state index < -0.39 is 0 Å². The number of benzene rings is 2. The Bertz CT molecular complexity index is 712. The van der Waals surface area contributed by atoms with Gasteiger partial charge >= 0.3 is 0 Å². The molecular weight excluding hydrogens is 284 g/mol. The molecule has 1 amide bonds. The van der Waals surface area contributed by atoms with Crippen molar-refractivity contribution >= 4 is 16.7 Å². The van der Waals surface area contributed by atoms with Crippen LogP contribution in [0, 0.1) is 0 Å². The quantitative estimate of drug-likeness (QED) is 0.867. The maximum Gasteiger partial charge on any atom is 0.222 e. The van der Waals surface area contributed by atoms with E-state index in [1.165, 1.54) is 29.2 Å². The fraction of sp³-hybridized carbons (Fsp3) is 0.450. The van der Waals surface area contributed by atoms with Crippen molar-refractivity contribution in [1.82, 2.24) is 9.80 Å². The van der Waals surface area contributed by atoms with Crippen LogP contribution in [-0.4, -0.2) is 40.9 Å². The minimum atomic E-state index is 0.336. The summed E-state index contributed by atoms with van der Waals surface area (Å²) in [6.07, 6.45) is 2.98. The van der Waals surface area contributed by atoms with Gasteiger partial charge in [-0.2, -0.15) is 0 Å². The van der Waals surface area contributed by atoms with E-state index in [1.54, 1.807) is 0 Å². The largest absolute Gasteiger partial charge is 0.334 e. The van der Waals surface area contributed by atoms with Crippen molar-refractivity contribution in [1.29, 1.82) is 0 Å². The minimum Gasteiger partial charge on any atom is -0.334 e. The topological polar surface area (TPSA) is 23.6 Å². The van der Waals surface area contributed by atoms with Gasteiger partial charge in [-0.1, -0.05) is 43.3 Å². The van der Waals surface area contributed by atoms with Crippen LogP contribution in [0.4, 0.5) is 0 Å². The molecule has 4 rings (SSSR count). The summed E-state index contributed by atoms with van der Waals surface area (Å²) in [5.41, 5.74) is 1.37. The summed E-state index contributed by atoms with van der Waals surface area (Å²) < 4.78 is 0. The second kappa shape index (κ2) is 5.97. The van der Waals surface area contributed by atoms with Crippen LogP contribution in [-0.2, 0) is 11.3 Å². The lowest BCUT2D eigenvalue weighted by Crippen LogP contribution is -2.55. The molecular formula is C20H24N2O. The SMILES string of the molecule is CCC(=O)N1C2CCC1CN(Cc1ccc3ccccc3c1)C2. The first-order chi connectivity index (χ1) is 11.2. The first-order valence-corrected chi connectivity index (χ1v) is 8.76. The van der Waals surface area contributed by atoms with Crippen molar-refractivity contribution in [3.05, 3.63) is 48.0 Å². The van der Waals surface area contributed by atoms with Gasteiger partial charge in [0.1, 0.15) is 0 Å². The van der Waals surface area contributed by atoms with Crippen LogP contribution in [0.15, 0.2) is 42.5 Å². The average Bonchev–Trinajstić information content (AvgIpc) is 2.85. The van der Waals surface area contributed by atoms with E-state index >= 15 is 0 Å². The van der Waals surface area contributed by atoms with Crippen LogP contribution >= 0.6 is 0 Å². The molecule has 2 bridgehead atoms. The smallest absolute Gasteiger partial charge is 0.222 e. The Kier molecular flexibility index (Phi) is 3.82. The Morgan fingerprint density at radius 3 is 2.43 bits per heavy atom. The summed E-state index contributed by atoms with van der Waals surface area (Å²) in [7, 11) is 0. The third-order valence-electron chi connectivity index (χ3n) is 5.37. The second-order valence-electron chi connectivity index (χ2n) is 6.92. The molecule has 2 aliphatic heterocycles. The highest BCUT2D eigenvalue weighted by molar-refractivity contribution is 5.83. The van der Waals surface area contributed by atoms with Crippen LogP contribution in [0.5, 0.6) is 0 Å². The number of hydrogen-bond acceptors (Lipinski definition) is 2. The van der Waals surface area contributed by atoms with E-state index in [0.717, 1.165) is 19.6 Å². The number of carbonyl (C=O) groups excluding carboxylic acids is 1. The number of hydrogen-bond donors (Lipinski definition) is 0. The summed E-state index contributed by atoms with van der Waals surface area (Å²) in [6, 6.07) is 16.2. The summed E-state index contributed by atoms with van der Waals surface area (Å²) in [5.74, 6) is 0.336. The Morgan fingerprint density at radius 2 is 1.74 bits per heavy atom. The van der Waals surface area contributed by atoms with Gasteiger partial charge in [0, 0.05) is 38.1 Å². The average molecular weight is 308 g/mol. The third-order valence-corrected chi connectivity index (χ3v) is 5.37. The molecule has 3 heteroatoms. The second-order valence-corrected chi connectivity index (χ2v) is 6.92. The van der Waals surface area contributed by atoms with Gasteiger partial charge in [0.25, 0.3) is 0 Å². The van der Waals surface area contributed by atoms with E-state index in [2.05, 4.69) is 52.3 Å². The maximum atomic E-state index is 12.1. The Balaban J connectivity index is 1.49. The lowest BCUT2D eigenvalue weighted by Gasteiger charge is -2.41. The van der Waals surface area contributed by atoms with Crippen molar-refractivity contribution in [3.63, 3.8) is 0 Å². The van der Waals surface area contributed by atoms with Crippen LogP contribution in [0.3, 0.4) is 0 Å². The predicted molar refractivity (Wildman–Crippen MR) is 93.2 cm³/mol. The standard InChI is InChI=1S/C20H24N2O/c1-2-20(23)22-18-9-10-19(22)14-21(13-18)12-15-7-8-16-5-3-4-6-17(16)11-15/h3-8,11,18-19H,2,9-10,12-14H2,1H3. The normalized spacial score (nSPS) is 24.3. The number of piperazine rings is 1. The molecule has 2 saturated heterocycles. The van der Waals surface area contributed by atoms with Crippen molar-refractivity contribution in [3.8, 4) is 0 Å². The first-order valence-electron chi connectivity index (χ1n) is 8.76. The molecule has 120 valence electrons. The molecule has 0 N–H and O–H groups in total. The number of carbonyl (C=O) groups is 1. The molecule has 2 aliphatic rings. The van der Waals surface area contributed by atoms with Crippen LogP contribution < -0.4 is 0 Å². The van der Waals surface area contributed by atoms with Crippen molar-refractivity contribution < 1.29 is 4.79 Å². The monoisotopic (exact) mass is 308 g/mol. The third kappa shape index (κ3) is 2.74. The van der Waals surface area contributed by atoms with Crippen molar-refractivity contribution in [2.75, 3.05) is 13.1 Å². The predicted octanol–water partition coefficient (Wildman–Crippen LogP) is 3.43. The summed E-state index contributed by atoms with van der Waals surface area (Å²) in [6.45, 7) is 5.01. The number of likely N-dealkylation sites (tertiary alicyclic amines) is 1. The van der Waals surface area contributed by atoms with Gasteiger partial charge in [0.2, 0.25) is 5.91 Å². The maximum absolute atomic E-state index is 12.1. The van der Waals surface area contributed by atoms with Gasteiger partial charge < -0.3 is 4.90 Å². The molecule has 23 heavy (non-hydrogen) atoms. The fourth-order valence-electron chi connectivity index (χ4n) is 4.30. The molecule has 0 radical (unpaired) electrons. The van der Waals surface area contributed by atoms with Crippen molar-refractivity contribution in [2.45, 2.75) is 44.8 Å². The molecule has 2 aromatic carbocycles. The molecule has 0 spiro atoms. The Labute approximate surface area is 137 Å². The van der Waals surface area contributed by atoms with Gasteiger partial charge in [-0.15, -0.1) is 0 Å².